The highest BCUT2D eigenvalue weighted by molar-refractivity contribution is 5.75. The van der Waals surface area contributed by atoms with E-state index in [0.29, 0.717) is 37.3 Å². The minimum Gasteiger partial charge on any atom is -0.426 e. The van der Waals surface area contributed by atoms with Gasteiger partial charge in [-0.2, -0.15) is 0 Å². The number of ether oxygens (including phenoxy) is 2. The zero-order valence-electron chi connectivity index (χ0n) is 20.5. The topological polar surface area (TPSA) is 90.7 Å². The van der Waals surface area contributed by atoms with Gasteiger partial charge in [0.1, 0.15) is 5.75 Å². The van der Waals surface area contributed by atoms with Gasteiger partial charge in [0, 0.05) is 19.6 Å². The van der Waals surface area contributed by atoms with Gasteiger partial charge in [0.25, 0.3) is 0 Å². The zero-order chi connectivity index (χ0) is 25.4. The highest BCUT2D eigenvalue weighted by Crippen LogP contribution is 2.23. The summed E-state index contributed by atoms with van der Waals surface area (Å²) >= 11 is 0. The highest BCUT2D eigenvalue weighted by Gasteiger charge is 2.24. The van der Waals surface area contributed by atoms with E-state index in [-0.39, 0.29) is 5.91 Å². The molecule has 1 N–H and O–H groups in total. The summed E-state index contributed by atoms with van der Waals surface area (Å²) in [7, 11) is 0. The maximum atomic E-state index is 12.1. The summed E-state index contributed by atoms with van der Waals surface area (Å²) in [5, 5.41) is 14.4. The lowest BCUT2D eigenvalue weighted by Gasteiger charge is -2.13. The van der Waals surface area contributed by atoms with Crippen molar-refractivity contribution in [1.29, 1.82) is 0 Å². The molecule has 3 aromatic carbocycles. The number of hydrogen-bond acceptors (Lipinski definition) is 5. The monoisotopic (exact) mass is 490 g/mol. The van der Waals surface area contributed by atoms with E-state index in [1.807, 2.05) is 24.3 Å². The Morgan fingerprint density at radius 3 is 2.31 bits per heavy atom. The van der Waals surface area contributed by atoms with Crippen LogP contribution in [0.25, 0.3) is 0 Å². The van der Waals surface area contributed by atoms with Gasteiger partial charge in [-0.15, -0.1) is 0 Å². The fraction of sp³-hybridized carbons (Fsp3) is 0.345. The fourth-order valence-corrected chi connectivity index (χ4v) is 3.79. The van der Waals surface area contributed by atoms with Gasteiger partial charge in [0.2, 0.25) is 5.91 Å². The number of carbonyl (C=O) groups is 1. The third-order valence-corrected chi connectivity index (χ3v) is 5.73. The van der Waals surface area contributed by atoms with Gasteiger partial charge in [-0.3, -0.25) is 14.9 Å². The van der Waals surface area contributed by atoms with Gasteiger partial charge in [-0.05, 0) is 61.1 Å². The first-order valence-corrected chi connectivity index (χ1v) is 12.4. The molecule has 0 saturated heterocycles. The predicted molar refractivity (Wildman–Crippen MR) is 139 cm³/mol. The lowest BCUT2D eigenvalue weighted by atomic mass is 10.1. The van der Waals surface area contributed by atoms with E-state index >= 15 is 0 Å². The Morgan fingerprint density at radius 1 is 0.833 bits per heavy atom. The van der Waals surface area contributed by atoms with Gasteiger partial charge in [0.05, 0.1) is 17.1 Å². The first-order chi connectivity index (χ1) is 17.6. The van der Waals surface area contributed by atoms with Crippen molar-refractivity contribution in [2.24, 2.45) is 0 Å². The standard InChI is InChI=1S/C29H34N2O5/c32-28(17-8-3-9-21-35-22-19-24-11-4-1-5-12-24)30-20-18-25-13-10-16-27(23-25)36-29(31(33)34)26-14-6-2-7-15-26/h1-2,4-7,10-16,23,29H,3,8-9,17-22H2,(H,30,32). The first kappa shape index (κ1) is 26.9. The molecule has 0 fully saturated rings. The van der Waals surface area contributed by atoms with Crippen LogP contribution in [0.1, 0.15) is 48.6 Å². The Hall–Kier alpha value is -3.71. The molecule has 190 valence electrons. The number of nitrogens with one attached hydrogen (secondary N) is 1. The molecule has 0 radical (unpaired) electrons. The molecule has 1 atom stereocenters. The molecule has 0 aliphatic rings. The van der Waals surface area contributed by atoms with E-state index in [0.717, 1.165) is 37.9 Å². The highest BCUT2D eigenvalue weighted by atomic mass is 16.7. The van der Waals surface area contributed by atoms with Crippen LogP contribution in [0, 0.1) is 10.1 Å². The number of nitro groups is 1. The summed E-state index contributed by atoms with van der Waals surface area (Å²) < 4.78 is 11.3. The second-order valence-electron chi connectivity index (χ2n) is 8.57. The molecule has 1 unspecified atom stereocenters. The molecule has 36 heavy (non-hydrogen) atoms. The first-order valence-electron chi connectivity index (χ1n) is 12.4. The van der Waals surface area contributed by atoms with Crippen molar-refractivity contribution in [1.82, 2.24) is 5.32 Å². The maximum absolute atomic E-state index is 12.1. The summed E-state index contributed by atoms with van der Waals surface area (Å²) in [6.07, 6.45) is 3.50. The molecule has 3 rings (SSSR count). The average Bonchev–Trinajstić information content (AvgIpc) is 2.90. The Kier molecular flexibility index (Phi) is 11.4. The van der Waals surface area contributed by atoms with Crippen LogP contribution >= 0.6 is 0 Å². The molecule has 0 heterocycles. The molecule has 0 aliphatic heterocycles. The Bertz CT molecular complexity index is 1060. The van der Waals surface area contributed by atoms with E-state index in [1.54, 1.807) is 48.5 Å². The van der Waals surface area contributed by atoms with Crippen LogP contribution in [0.2, 0.25) is 0 Å². The predicted octanol–water partition coefficient (Wildman–Crippen LogP) is 5.52. The Balaban J connectivity index is 1.28. The number of amides is 1. The Morgan fingerprint density at radius 2 is 1.56 bits per heavy atom. The van der Waals surface area contributed by atoms with Crippen LogP contribution in [0.3, 0.4) is 0 Å². The van der Waals surface area contributed by atoms with Crippen LogP contribution in [0.4, 0.5) is 0 Å². The van der Waals surface area contributed by atoms with Gasteiger partial charge in [0.15, 0.2) is 0 Å². The summed E-state index contributed by atoms with van der Waals surface area (Å²) in [6, 6.07) is 26.1. The van der Waals surface area contributed by atoms with E-state index < -0.39 is 11.2 Å². The SMILES string of the molecule is O=C(CCCCCOCCc1ccccc1)NCCc1cccc(OC(c2ccccc2)[N+](=O)[O-])c1. The minimum absolute atomic E-state index is 0.0323. The molecule has 0 aromatic heterocycles. The second kappa shape index (κ2) is 15.3. The zero-order valence-corrected chi connectivity index (χ0v) is 20.5. The number of benzene rings is 3. The normalized spacial score (nSPS) is 11.6. The van der Waals surface area contributed by atoms with E-state index in [4.69, 9.17) is 9.47 Å². The van der Waals surface area contributed by atoms with Crippen LogP contribution in [0.15, 0.2) is 84.9 Å². The third kappa shape index (κ3) is 9.88. The molecule has 0 spiro atoms. The number of hydrogen-bond donors (Lipinski definition) is 1. The van der Waals surface area contributed by atoms with Gasteiger partial charge >= 0.3 is 6.23 Å². The largest absolute Gasteiger partial charge is 0.426 e. The number of unbranched alkanes of at least 4 members (excludes halogenated alkanes) is 2. The van der Waals surface area contributed by atoms with Crippen molar-refractivity contribution in [2.45, 2.75) is 44.8 Å². The van der Waals surface area contributed by atoms with Crippen LogP contribution in [-0.2, 0) is 22.4 Å². The summed E-state index contributed by atoms with van der Waals surface area (Å²) in [6.45, 7) is 1.94. The Labute approximate surface area is 212 Å². The quantitative estimate of drug-likeness (QED) is 0.124. The maximum Gasteiger partial charge on any atom is 0.380 e. The van der Waals surface area contributed by atoms with E-state index in [2.05, 4.69) is 17.4 Å². The summed E-state index contributed by atoms with van der Waals surface area (Å²) in [4.78, 5) is 23.2. The molecule has 7 heteroatoms. The second-order valence-corrected chi connectivity index (χ2v) is 8.57. The lowest BCUT2D eigenvalue weighted by molar-refractivity contribution is -0.570. The van der Waals surface area contributed by atoms with E-state index in [9.17, 15) is 14.9 Å². The van der Waals surface area contributed by atoms with Crippen LogP contribution < -0.4 is 10.1 Å². The average molecular weight is 491 g/mol. The van der Waals surface area contributed by atoms with Crippen LogP contribution in [0.5, 0.6) is 5.75 Å². The lowest BCUT2D eigenvalue weighted by Crippen LogP contribution is -2.25. The van der Waals surface area contributed by atoms with Crippen molar-refractivity contribution >= 4 is 5.91 Å². The molecule has 0 saturated carbocycles. The molecule has 0 bridgehead atoms. The number of nitrogens with zero attached hydrogens (tertiary/aromatic N) is 1. The molecule has 7 nitrogen and oxygen atoms in total. The smallest absolute Gasteiger partial charge is 0.380 e. The van der Waals surface area contributed by atoms with Crippen molar-refractivity contribution in [3.63, 3.8) is 0 Å². The van der Waals surface area contributed by atoms with Crippen LogP contribution in [-0.4, -0.2) is 30.6 Å². The van der Waals surface area contributed by atoms with Crippen molar-refractivity contribution in [3.05, 3.63) is 112 Å². The third-order valence-electron chi connectivity index (χ3n) is 5.73. The van der Waals surface area contributed by atoms with E-state index in [1.165, 1.54) is 5.56 Å². The molecule has 1 amide bonds. The molecule has 0 aliphatic carbocycles. The number of carbonyl (C=O) groups excluding carboxylic acids is 1. The van der Waals surface area contributed by atoms with Gasteiger partial charge in [-0.25, -0.2) is 0 Å². The van der Waals surface area contributed by atoms with Crippen molar-refractivity contribution < 1.29 is 19.2 Å². The minimum atomic E-state index is -1.27. The molecule has 3 aromatic rings. The number of rotatable bonds is 16. The molecular weight excluding hydrogens is 456 g/mol. The van der Waals surface area contributed by atoms with Gasteiger partial charge < -0.3 is 14.8 Å². The van der Waals surface area contributed by atoms with Crippen molar-refractivity contribution in [2.75, 3.05) is 19.8 Å². The van der Waals surface area contributed by atoms with Crippen molar-refractivity contribution in [3.8, 4) is 5.75 Å². The summed E-state index contributed by atoms with van der Waals surface area (Å²) in [5.74, 6) is 0.459. The molecular formula is C29H34N2O5. The summed E-state index contributed by atoms with van der Waals surface area (Å²) in [5.41, 5.74) is 2.70. The fourth-order valence-electron chi connectivity index (χ4n) is 3.79. The van der Waals surface area contributed by atoms with Gasteiger partial charge in [-0.1, -0.05) is 67.1 Å².